The van der Waals surface area contributed by atoms with Crippen molar-refractivity contribution in [1.29, 1.82) is 0 Å². The number of hydrogen-bond acceptors (Lipinski definition) is 6. The molecule has 0 aromatic heterocycles. The van der Waals surface area contributed by atoms with Crippen LogP contribution in [0.5, 0.6) is 17.2 Å². The van der Waals surface area contributed by atoms with E-state index < -0.39 is 0 Å². The average molecular weight is 570 g/mol. The number of nitrogens with zero attached hydrogens (tertiary/aromatic N) is 2. The van der Waals surface area contributed by atoms with E-state index in [0.29, 0.717) is 37.2 Å². The molecule has 33 heavy (non-hydrogen) atoms. The molecule has 0 spiro atoms. The molecular formula is C24H35IN4O4. The van der Waals surface area contributed by atoms with E-state index in [1.807, 2.05) is 37.3 Å². The second-order valence-electron chi connectivity index (χ2n) is 7.30. The Kier molecular flexibility index (Phi) is 12.1. The van der Waals surface area contributed by atoms with Gasteiger partial charge in [-0.15, -0.1) is 24.0 Å². The van der Waals surface area contributed by atoms with E-state index in [1.54, 1.807) is 14.2 Å². The first-order valence-electron chi connectivity index (χ1n) is 11.0. The number of hydrogen-bond donors (Lipinski definition) is 2. The molecule has 0 amide bonds. The molecule has 1 fully saturated rings. The van der Waals surface area contributed by atoms with Gasteiger partial charge in [-0.1, -0.05) is 12.1 Å². The predicted octanol–water partition coefficient (Wildman–Crippen LogP) is 3.61. The molecule has 1 heterocycles. The second-order valence-corrected chi connectivity index (χ2v) is 7.30. The summed E-state index contributed by atoms with van der Waals surface area (Å²) in [6.45, 7) is 8.28. The lowest BCUT2D eigenvalue weighted by Crippen LogP contribution is -2.38. The second kappa shape index (κ2) is 14.8. The van der Waals surface area contributed by atoms with Gasteiger partial charge in [0.1, 0.15) is 12.4 Å². The fourth-order valence-electron chi connectivity index (χ4n) is 3.38. The topological polar surface area (TPSA) is 76.6 Å². The highest BCUT2D eigenvalue weighted by molar-refractivity contribution is 14.0. The highest BCUT2D eigenvalue weighted by atomic mass is 127. The Morgan fingerprint density at radius 3 is 2.64 bits per heavy atom. The van der Waals surface area contributed by atoms with Crippen molar-refractivity contribution in [1.82, 2.24) is 10.2 Å². The molecule has 8 nitrogen and oxygen atoms in total. The van der Waals surface area contributed by atoms with Crippen LogP contribution in [0.15, 0.2) is 47.5 Å². The third kappa shape index (κ3) is 8.90. The highest BCUT2D eigenvalue weighted by Crippen LogP contribution is 2.30. The summed E-state index contributed by atoms with van der Waals surface area (Å²) < 4.78 is 22.3. The molecule has 2 N–H and O–H groups in total. The van der Waals surface area contributed by atoms with Gasteiger partial charge in [0.15, 0.2) is 17.5 Å². The van der Waals surface area contributed by atoms with E-state index in [4.69, 9.17) is 18.9 Å². The third-order valence-electron chi connectivity index (χ3n) is 5.09. The van der Waals surface area contributed by atoms with Gasteiger partial charge in [-0.25, -0.2) is 0 Å². The number of guanidine groups is 1. The number of nitrogens with one attached hydrogen (secondary N) is 2. The fourth-order valence-corrected chi connectivity index (χ4v) is 3.38. The van der Waals surface area contributed by atoms with Crippen LogP contribution < -0.4 is 24.8 Å². The first-order chi connectivity index (χ1) is 15.7. The summed E-state index contributed by atoms with van der Waals surface area (Å²) in [5.41, 5.74) is 1.97. The molecule has 0 unspecified atom stereocenters. The molecule has 1 aliphatic rings. The molecule has 1 aliphatic heterocycles. The van der Waals surface area contributed by atoms with Crippen molar-refractivity contribution in [2.45, 2.75) is 13.5 Å². The molecule has 2 aromatic carbocycles. The lowest BCUT2D eigenvalue weighted by atomic mass is 10.2. The van der Waals surface area contributed by atoms with Crippen LogP contribution in [0, 0.1) is 0 Å². The Morgan fingerprint density at radius 1 is 1.09 bits per heavy atom. The maximum Gasteiger partial charge on any atom is 0.195 e. The lowest BCUT2D eigenvalue weighted by molar-refractivity contribution is 0.0322. The normalized spacial score (nSPS) is 14.2. The van der Waals surface area contributed by atoms with Gasteiger partial charge in [-0.3, -0.25) is 9.89 Å². The summed E-state index contributed by atoms with van der Waals surface area (Å²) in [6, 6.07) is 13.8. The number of rotatable bonds is 10. The van der Waals surface area contributed by atoms with E-state index in [-0.39, 0.29) is 24.0 Å². The van der Waals surface area contributed by atoms with Gasteiger partial charge in [0.05, 0.1) is 26.9 Å². The van der Waals surface area contributed by atoms with Crippen molar-refractivity contribution in [2.24, 2.45) is 4.99 Å². The van der Waals surface area contributed by atoms with E-state index in [1.165, 1.54) is 0 Å². The molecular weight excluding hydrogens is 535 g/mol. The third-order valence-corrected chi connectivity index (χ3v) is 5.09. The Morgan fingerprint density at radius 2 is 1.91 bits per heavy atom. The number of benzene rings is 2. The maximum absolute atomic E-state index is 5.95. The number of morpholine rings is 1. The minimum absolute atomic E-state index is 0. The molecule has 2 aromatic rings. The largest absolute Gasteiger partial charge is 0.493 e. The van der Waals surface area contributed by atoms with Crippen LogP contribution in [0.4, 0.5) is 5.69 Å². The summed E-state index contributed by atoms with van der Waals surface area (Å²) in [4.78, 5) is 6.67. The van der Waals surface area contributed by atoms with Gasteiger partial charge in [0.2, 0.25) is 0 Å². The van der Waals surface area contributed by atoms with Crippen LogP contribution >= 0.6 is 24.0 Å². The number of methoxy groups -OCH3 is 1. The smallest absolute Gasteiger partial charge is 0.195 e. The summed E-state index contributed by atoms with van der Waals surface area (Å²) in [5, 5.41) is 6.62. The summed E-state index contributed by atoms with van der Waals surface area (Å²) >= 11 is 0. The van der Waals surface area contributed by atoms with Crippen molar-refractivity contribution >= 4 is 35.6 Å². The highest BCUT2D eigenvalue weighted by Gasteiger charge is 2.10. The van der Waals surface area contributed by atoms with E-state index in [9.17, 15) is 0 Å². The van der Waals surface area contributed by atoms with Crippen LogP contribution in [0.2, 0.25) is 0 Å². The SMILES string of the molecule is CCOc1ccc(NC(=NC)NCc2cccc(OCCN3CCOCC3)c2)cc1OC.I. The van der Waals surface area contributed by atoms with E-state index >= 15 is 0 Å². The molecule has 0 bridgehead atoms. The number of anilines is 1. The molecule has 182 valence electrons. The molecule has 0 atom stereocenters. The quantitative estimate of drug-likeness (QED) is 0.257. The van der Waals surface area contributed by atoms with E-state index in [2.05, 4.69) is 32.7 Å². The molecule has 0 radical (unpaired) electrons. The average Bonchev–Trinajstić information content (AvgIpc) is 2.83. The molecule has 0 aliphatic carbocycles. The summed E-state index contributed by atoms with van der Waals surface area (Å²) in [6.07, 6.45) is 0. The summed E-state index contributed by atoms with van der Waals surface area (Å²) in [5.74, 6) is 2.93. The number of halogens is 1. The Balaban J connectivity index is 0.00000385. The standard InChI is InChI=1S/C24H34N4O4.HI/c1-4-31-22-9-8-20(17-23(22)29-3)27-24(25-2)26-18-19-6-5-7-21(16-19)32-15-12-28-10-13-30-14-11-28;/h5-9,16-17H,4,10-15,18H2,1-3H3,(H2,25,26,27);1H. The Hall–Kier alpha value is -2.24. The van der Waals surface area contributed by atoms with Crippen molar-refractivity contribution < 1.29 is 18.9 Å². The van der Waals surface area contributed by atoms with Crippen LogP contribution in [0.3, 0.4) is 0 Å². The number of ether oxygens (including phenoxy) is 4. The van der Waals surface area contributed by atoms with Crippen LogP contribution in [-0.2, 0) is 11.3 Å². The fraction of sp³-hybridized carbons (Fsp3) is 0.458. The Labute approximate surface area is 213 Å². The van der Waals surface area contributed by atoms with Gasteiger partial charge >= 0.3 is 0 Å². The minimum atomic E-state index is 0. The zero-order valence-electron chi connectivity index (χ0n) is 19.6. The van der Waals surface area contributed by atoms with Gasteiger partial charge < -0.3 is 29.6 Å². The van der Waals surface area contributed by atoms with Crippen LogP contribution in [0.25, 0.3) is 0 Å². The van der Waals surface area contributed by atoms with Gasteiger partial charge in [0.25, 0.3) is 0 Å². The van der Waals surface area contributed by atoms with Crippen LogP contribution in [0.1, 0.15) is 12.5 Å². The molecule has 3 rings (SSSR count). The Bertz CT molecular complexity index is 875. The minimum Gasteiger partial charge on any atom is -0.493 e. The number of aliphatic imine (C=N–C) groups is 1. The molecule has 0 saturated carbocycles. The van der Waals surface area contributed by atoms with E-state index in [0.717, 1.165) is 49.8 Å². The van der Waals surface area contributed by atoms with Gasteiger partial charge in [0, 0.05) is 45.0 Å². The zero-order valence-corrected chi connectivity index (χ0v) is 22.0. The first kappa shape index (κ1) is 27.0. The van der Waals surface area contributed by atoms with Crippen molar-refractivity contribution in [3.05, 3.63) is 48.0 Å². The monoisotopic (exact) mass is 570 g/mol. The maximum atomic E-state index is 5.95. The molecule has 9 heteroatoms. The predicted molar refractivity (Wildman–Crippen MR) is 143 cm³/mol. The lowest BCUT2D eigenvalue weighted by Gasteiger charge is -2.26. The summed E-state index contributed by atoms with van der Waals surface area (Å²) in [7, 11) is 3.37. The van der Waals surface area contributed by atoms with Crippen LogP contribution in [-0.4, -0.2) is 71.1 Å². The van der Waals surface area contributed by atoms with Gasteiger partial charge in [-0.05, 0) is 36.8 Å². The van der Waals surface area contributed by atoms with Crippen molar-refractivity contribution in [2.75, 3.05) is 65.5 Å². The molecule has 1 saturated heterocycles. The first-order valence-corrected chi connectivity index (χ1v) is 11.0. The van der Waals surface area contributed by atoms with Crippen molar-refractivity contribution in [3.8, 4) is 17.2 Å². The van der Waals surface area contributed by atoms with Crippen molar-refractivity contribution in [3.63, 3.8) is 0 Å². The zero-order chi connectivity index (χ0) is 22.6. The van der Waals surface area contributed by atoms with Gasteiger partial charge in [-0.2, -0.15) is 0 Å².